The molecule has 2 rings (SSSR count). The van der Waals surface area contributed by atoms with Gasteiger partial charge in [-0.2, -0.15) is 13.2 Å². The standard InChI is InChI=1S/C16H19F3N2O/c1-12(22)20-14(11-16(17,18)19)13-7-3-4-8-15(13)21-9-5-2-6-10-21/h3-4,7-8,11H,2,5-6,9-10H2,1H3,(H,20,22)/b14-11+. The number of benzene rings is 1. The first-order valence-electron chi connectivity index (χ1n) is 7.28. The van der Waals surface area contributed by atoms with E-state index >= 15 is 0 Å². The minimum Gasteiger partial charge on any atom is -0.371 e. The maximum absolute atomic E-state index is 12.8. The van der Waals surface area contributed by atoms with Gasteiger partial charge >= 0.3 is 6.18 Å². The third-order valence-corrected chi connectivity index (χ3v) is 3.51. The molecular weight excluding hydrogens is 293 g/mol. The van der Waals surface area contributed by atoms with Crippen LogP contribution in [0.25, 0.3) is 5.70 Å². The fourth-order valence-electron chi connectivity index (χ4n) is 2.65. The van der Waals surface area contributed by atoms with Crippen molar-refractivity contribution in [2.24, 2.45) is 0 Å². The van der Waals surface area contributed by atoms with Gasteiger partial charge in [0.1, 0.15) is 0 Å². The van der Waals surface area contributed by atoms with E-state index in [1.165, 1.54) is 6.92 Å². The van der Waals surface area contributed by atoms with Gasteiger partial charge in [-0.3, -0.25) is 4.79 Å². The summed E-state index contributed by atoms with van der Waals surface area (Å²) in [5, 5.41) is 2.31. The Balaban J connectivity index is 2.42. The van der Waals surface area contributed by atoms with E-state index in [4.69, 9.17) is 0 Å². The summed E-state index contributed by atoms with van der Waals surface area (Å²) in [4.78, 5) is 13.3. The molecule has 1 aromatic carbocycles. The molecule has 1 aliphatic heterocycles. The molecule has 1 saturated heterocycles. The van der Waals surface area contributed by atoms with Crippen LogP contribution in [0.3, 0.4) is 0 Å². The van der Waals surface area contributed by atoms with Crippen LogP contribution in [0.2, 0.25) is 0 Å². The normalized spacial score (nSPS) is 16.5. The predicted molar refractivity (Wildman–Crippen MR) is 80.4 cm³/mol. The summed E-state index contributed by atoms with van der Waals surface area (Å²) in [5.41, 5.74) is 0.921. The van der Waals surface area contributed by atoms with Crippen molar-refractivity contribution in [3.8, 4) is 0 Å². The highest BCUT2D eigenvalue weighted by molar-refractivity contribution is 5.88. The summed E-state index contributed by atoms with van der Waals surface area (Å²) >= 11 is 0. The van der Waals surface area contributed by atoms with Crippen molar-refractivity contribution in [2.75, 3.05) is 18.0 Å². The number of nitrogens with zero attached hydrogens (tertiary/aromatic N) is 1. The summed E-state index contributed by atoms with van der Waals surface area (Å²) in [5.74, 6) is -0.524. The van der Waals surface area contributed by atoms with Gasteiger partial charge < -0.3 is 10.2 Å². The molecule has 0 unspecified atom stereocenters. The fraction of sp³-hybridized carbons (Fsp3) is 0.438. The smallest absolute Gasteiger partial charge is 0.371 e. The van der Waals surface area contributed by atoms with E-state index in [-0.39, 0.29) is 11.8 Å². The number of alkyl halides is 3. The molecule has 120 valence electrons. The lowest BCUT2D eigenvalue weighted by Gasteiger charge is -2.31. The van der Waals surface area contributed by atoms with Crippen LogP contribution in [0.15, 0.2) is 30.3 Å². The third-order valence-electron chi connectivity index (χ3n) is 3.51. The van der Waals surface area contributed by atoms with E-state index in [1.54, 1.807) is 24.3 Å². The number of amides is 1. The molecule has 1 aliphatic rings. The highest BCUT2D eigenvalue weighted by Crippen LogP contribution is 2.31. The van der Waals surface area contributed by atoms with Crippen LogP contribution in [0.4, 0.5) is 18.9 Å². The van der Waals surface area contributed by atoms with Gasteiger partial charge in [0, 0.05) is 37.3 Å². The van der Waals surface area contributed by atoms with Crippen LogP contribution >= 0.6 is 0 Å². The Morgan fingerprint density at radius 1 is 1.18 bits per heavy atom. The van der Waals surface area contributed by atoms with Gasteiger partial charge in [-0.1, -0.05) is 18.2 Å². The molecule has 6 heteroatoms. The molecular formula is C16H19F3N2O. The monoisotopic (exact) mass is 312 g/mol. The molecule has 1 amide bonds. The van der Waals surface area contributed by atoms with E-state index in [1.807, 2.05) is 0 Å². The van der Waals surface area contributed by atoms with Crippen LogP contribution in [0, 0.1) is 0 Å². The quantitative estimate of drug-likeness (QED) is 0.922. The molecule has 0 aliphatic carbocycles. The maximum atomic E-state index is 12.8. The lowest BCUT2D eigenvalue weighted by molar-refractivity contribution is -0.117. The second-order valence-electron chi connectivity index (χ2n) is 5.35. The molecule has 0 spiro atoms. The van der Waals surface area contributed by atoms with Crippen molar-refractivity contribution < 1.29 is 18.0 Å². The molecule has 0 radical (unpaired) electrons. The van der Waals surface area contributed by atoms with E-state index in [0.29, 0.717) is 5.56 Å². The topological polar surface area (TPSA) is 32.3 Å². The van der Waals surface area contributed by atoms with Gasteiger partial charge in [-0.25, -0.2) is 0 Å². The van der Waals surface area contributed by atoms with Gasteiger partial charge in [-0.15, -0.1) is 0 Å². The minimum absolute atomic E-state index is 0.150. The van der Waals surface area contributed by atoms with Crippen LogP contribution in [-0.2, 0) is 4.79 Å². The zero-order valence-corrected chi connectivity index (χ0v) is 12.4. The van der Waals surface area contributed by atoms with Crippen LogP contribution in [-0.4, -0.2) is 25.2 Å². The first kappa shape index (κ1) is 16.4. The van der Waals surface area contributed by atoms with Crippen LogP contribution in [0.5, 0.6) is 0 Å². The molecule has 0 aromatic heterocycles. The summed E-state index contributed by atoms with van der Waals surface area (Å²) in [7, 11) is 0. The number of rotatable bonds is 3. The fourth-order valence-corrected chi connectivity index (χ4v) is 2.65. The van der Waals surface area contributed by atoms with E-state index in [0.717, 1.165) is 38.0 Å². The number of anilines is 1. The lowest BCUT2D eigenvalue weighted by Crippen LogP contribution is -2.31. The largest absolute Gasteiger partial charge is 0.411 e. The number of piperidine rings is 1. The first-order valence-corrected chi connectivity index (χ1v) is 7.28. The molecule has 1 fully saturated rings. The summed E-state index contributed by atoms with van der Waals surface area (Å²) in [6.07, 6.45) is -1.17. The van der Waals surface area contributed by atoms with Crippen molar-refractivity contribution in [1.82, 2.24) is 5.32 Å². The Hall–Kier alpha value is -1.98. The number of halogens is 3. The predicted octanol–water partition coefficient (Wildman–Crippen LogP) is 3.72. The number of hydrogen-bond acceptors (Lipinski definition) is 2. The molecule has 0 saturated carbocycles. The van der Waals surface area contributed by atoms with Gasteiger partial charge in [0.15, 0.2) is 0 Å². The van der Waals surface area contributed by atoms with Crippen molar-refractivity contribution in [3.63, 3.8) is 0 Å². The molecule has 1 N–H and O–H groups in total. The summed E-state index contributed by atoms with van der Waals surface area (Å²) in [6, 6.07) is 6.88. The Labute approximate surface area is 127 Å². The zero-order chi connectivity index (χ0) is 16.2. The van der Waals surface area contributed by atoms with Gasteiger partial charge in [-0.05, 0) is 25.3 Å². The average Bonchev–Trinajstić information content (AvgIpc) is 2.45. The number of nitrogens with one attached hydrogen (secondary N) is 1. The molecule has 0 bridgehead atoms. The Morgan fingerprint density at radius 2 is 1.82 bits per heavy atom. The maximum Gasteiger partial charge on any atom is 0.411 e. The summed E-state index contributed by atoms with van der Waals surface area (Å²) < 4.78 is 38.3. The molecule has 0 atom stereocenters. The van der Waals surface area contributed by atoms with E-state index in [2.05, 4.69) is 10.2 Å². The summed E-state index contributed by atoms with van der Waals surface area (Å²) in [6.45, 7) is 2.83. The van der Waals surface area contributed by atoms with Crippen molar-refractivity contribution in [2.45, 2.75) is 32.4 Å². The van der Waals surface area contributed by atoms with Crippen molar-refractivity contribution >= 4 is 17.3 Å². The number of allylic oxidation sites excluding steroid dienone is 1. The Bertz CT molecular complexity index is 561. The second kappa shape index (κ2) is 6.85. The van der Waals surface area contributed by atoms with Crippen LogP contribution < -0.4 is 10.2 Å². The number of hydrogen-bond donors (Lipinski definition) is 1. The van der Waals surface area contributed by atoms with Crippen molar-refractivity contribution in [3.05, 3.63) is 35.9 Å². The molecule has 3 nitrogen and oxygen atoms in total. The van der Waals surface area contributed by atoms with Gasteiger partial charge in [0.2, 0.25) is 5.91 Å². The minimum atomic E-state index is -4.49. The number of para-hydroxylation sites is 1. The second-order valence-corrected chi connectivity index (χ2v) is 5.35. The highest BCUT2D eigenvalue weighted by atomic mass is 19.4. The molecule has 1 aromatic rings. The third kappa shape index (κ3) is 4.51. The highest BCUT2D eigenvalue weighted by Gasteiger charge is 2.27. The first-order chi connectivity index (χ1) is 10.4. The SMILES string of the molecule is CC(=O)N/C(=C/C(F)(F)F)c1ccccc1N1CCCCC1. The van der Waals surface area contributed by atoms with Crippen LogP contribution in [0.1, 0.15) is 31.7 Å². The van der Waals surface area contributed by atoms with Crippen molar-refractivity contribution in [1.29, 1.82) is 0 Å². The molecule has 1 heterocycles. The van der Waals surface area contributed by atoms with E-state index in [9.17, 15) is 18.0 Å². The van der Waals surface area contributed by atoms with Gasteiger partial charge in [0.05, 0.1) is 5.70 Å². The Kier molecular flexibility index (Phi) is 5.11. The number of carbonyl (C=O) groups excluding carboxylic acids is 1. The lowest BCUT2D eigenvalue weighted by atomic mass is 10.0. The Morgan fingerprint density at radius 3 is 2.41 bits per heavy atom. The zero-order valence-electron chi connectivity index (χ0n) is 12.4. The van der Waals surface area contributed by atoms with Gasteiger partial charge in [0.25, 0.3) is 0 Å². The van der Waals surface area contributed by atoms with E-state index < -0.39 is 12.1 Å². The molecule has 22 heavy (non-hydrogen) atoms. The number of carbonyl (C=O) groups is 1. The average molecular weight is 312 g/mol.